The molecule has 29 heavy (non-hydrogen) atoms. The Labute approximate surface area is 178 Å². The van der Waals surface area contributed by atoms with Crippen LogP contribution in [0.5, 0.6) is 0 Å². The second kappa shape index (κ2) is 9.41. The fourth-order valence-corrected chi connectivity index (χ4v) is 5.16. The monoisotopic (exact) mass is 432 g/mol. The van der Waals surface area contributed by atoms with Crippen LogP contribution in [-0.4, -0.2) is 25.2 Å². The third kappa shape index (κ3) is 5.58. The molecule has 3 aromatic heterocycles. The molecule has 0 fully saturated rings. The molecular formula is C22H24O5S2. The van der Waals surface area contributed by atoms with Gasteiger partial charge in [0.05, 0.1) is 23.0 Å². The van der Waals surface area contributed by atoms with Gasteiger partial charge in [0.25, 0.3) is 0 Å². The molecule has 0 aliphatic heterocycles. The maximum Gasteiger partial charge on any atom is 0.302 e. The van der Waals surface area contributed by atoms with Gasteiger partial charge in [-0.25, -0.2) is 0 Å². The van der Waals surface area contributed by atoms with E-state index in [1.165, 1.54) is 23.6 Å². The second-order valence-electron chi connectivity index (χ2n) is 6.77. The van der Waals surface area contributed by atoms with E-state index in [4.69, 9.17) is 13.9 Å². The first-order valence-electron chi connectivity index (χ1n) is 9.39. The largest absolute Gasteiger partial charge is 0.466 e. The molecule has 3 aromatic rings. The lowest BCUT2D eigenvalue weighted by atomic mass is 10.1. The smallest absolute Gasteiger partial charge is 0.302 e. The van der Waals surface area contributed by atoms with Gasteiger partial charge in [0.1, 0.15) is 11.5 Å². The molecule has 0 aliphatic rings. The highest BCUT2D eigenvalue weighted by Gasteiger charge is 2.17. The van der Waals surface area contributed by atoms with Crippen LogP contribution in [0.2, 0.25) is 0 Å². The molecule has 154 valence electrons. The minimum absolute atomic E-state index is 0.270. The number of carbonyl (C=O) groups excluding carboxylic acids is 2. The van der Waals surface area contributed by atoms with Crippen molar-refractivity contribution in [2.45, 2.75) is 40.5 Å². The zero-order valence-corrected chi connectivity index (χ0v) is 18.6. The zero-order valence-electron chi connectivity index (χ0n) is 17.0. The van der Waals surface area contributed by atoms with E-state index in [2.05, 4.69) is 26.0 Å². The maximum absolute atomic E-state index is 11.0. The minimum Gasteiger partial charge on any atom is -0.466 e. The van der Waals surface area contributed by atoms with Gasteiger partial charge in [-0.15, -0.1) is 22.7 Å². The van der Waals surface area contributed by atoms with E-state index in [9.17, 15) is 9.59 Å². The average molecular weight is 433 g/mol. The van der Waals surface area contributed by atoms with E-state index < -0.39 is 0 Å². The lowest BCUT2D eigenvalue weighted by molar-refractivity contribution is -0.141. The van der Waals surface area contributed by atoms with Crippen molar-refractivity contribution in [2.75, 3.05) is 13.2 Å². The lowest BCUT2D eigenvalue weighted by Crippen LogP contribution is -2.03. The number of carbonyl (C=O) groups is 2. The third-order valence-corrected chi connectivity index (χ3v) is 6.49. The van der Waals surface area contributed by atoms with Crippen molar-refractivity contribution in [1.29, 1.82) is 0 Å². The molecule has 0 saturated heterocycles. The fourth-order valence-electron chi connectivity index (χ4n) is 3.11. The van der Waals surface area contributed by atoms with Gasteiger partial charge >= 0.3 is 11.9 Å². The summed E-state index contributed by atoms with van der Waals surface area (Å²) < 4.78 is 16.4. The SMILES string of the molecule is CC(=O)OCCc1cc(C)sc1-c1ccc(-c2sc(C)cc2CCOC(C)=O)o1. The van der Waals surface area contributed by atoms with E-state index in [1.54, 1.807) is 22.7 Å². The summed E-state index contributed by atoms with van der Waals surface area (Å²) >= 11 is 3.35. The topological polar surface area (TPSA) is 65.7 Å². The van der Waals surface area contributed by atoms with Crippen LogP contribution in [0.1, 0.15) is 34.7 Å². The van der Waals surface area contributed by atoms with Gasteiger partial charge in [0.15, 0.2) is 0 Å². The van der Waals surface area contributed by atoms with Gasteiger partial charge in [0.2, 0.25) is 0 Å². The number of ether oxygens (including phenoxy) is 2. The van der Waals surface area contributed by atoms with Crippen molar-refractivity contribution in [1.82, 2.24) is 0 Å². The maximum atomic E-state index is 11.0. The number of hydrogen-bond donors (Lipinski definition) is 0. The first-order valence-corrected chi connectivity index (χ1v) is 11.0. The number of thiophene rings is 2. The van der Waals surface area contributed by atoms with Crippen molar-refractivity contribution < 1.29 is 23.5 Å². The van der Waals surface area contributed by atoms with Crippen LogP contribution in [0.25, 0.3) is 21.3 Å². The molecule has 0 amide bonds. The molecule has 0 unspecified atom stereocenters. The number of hydrogen-bond acceptors (Lipinski definition) is 7. The van der Waals surface area contributed by atoms with Crippen LogP contribution in [-0.2, 0) is 31.9 Å². The molecule has 0 spiro atoms. The van der Waals surface area contributed by atoms with E-state index in [0.29, 0.717) is 26.1 Å². The van der Waals surface area contributed by atoms with Crippen LogP contribution >= 0.6 is 22.7 Å². The Morgan fingerprint density at radius 3 is 1.62 bits per heavy atom. The standard InChI is InChI=1S/C22H24O5S2/c1-13-11-17(7-9-25-15(3)23)21(28-13)19-5-6-20(27-19)22-18(12-14(2)29-22)8-10-26-16(4)24/h5-6,11-12H,7-10H2,1-4H3. The van der Waals surface area contributed by atoms with Crippen LogP contribution < -0.4 is 0 Å². The minimum atomic E-state index is -0.270. The van der Waals surface area contributed by atoms with E-state index in [1.807, 2.05) is 12.1 Å². The summed E-state index contributed by atoms with van der Waals surface area (Å²) in [5.41, 5.74) is 2.24. The molecule has 0 saturated carbocycles. The van der Waals surface area contributed by atoms with Crippen LogP contribution in [0.15, 0.2) is 28.7 Å². The van der Waals surface area contributed by atoms with Crippen molar-refractivity contribution >= 4 is 34.6 Å². The highest BCUT2D eigenvalue weighted by atomic mass is 32.1. The highest BCUT2D eigenvalue weighted by molar-refractivity contribution is 7.16. The zero-order chi connectivity index (χ0) is 21.0. The van der Waals surface area contributed by atoms with Crippen LogP contribution in [0, 0.1) is 13.8 Å². The Balaban J connectivity index is 1.81. The highest BCUT2D eigenvalue weighted by Crippen LogP contribution is 2.39. The molecule has 0 radical (unpaired) electrons. The molecule has 0 N–H and O–H groups in total. The molecule has 3 rings (SSSR count). The quantitative estimate of drug-likeness (QED) is 0.436. The molecule has 7 heteroatoms. The van der Waals surface area contributed by atoms with E-state index in [0.717, 1.165) is 32.4 Å². The molecule has 3 heterocycles. The molecule has 5 nitrogen and oxygen atoms in total. The predicted molar refractivity (Wildman–Crippen MR) is 115 cm³/mol. The summed E-state index contributed by atoms with van der Waals surface area (Å²) in [5.74, 6) is 1.09. The molecule has 0 aromatic carbocycles. The van der Waals surface area contributed by atoms with E-state index in [-0.39, 0.29) is 11.9 Å². The van der Waals surface area contributed by atoms with Crippen molar-refractivity contribution in [3.8, 4) is 21.3 Å². The third-order valence-electron chi connectivity index (χ3n) is 4.27. The summed E-state index contributed by atoms with van der Waals surface area (Å²) in [6, 6.07) is 8.21. The van der Waals surface area contributed by atoms with Crippen LogP contribution in [0.3, 0.4) is 0 Å². The first kappa shape index (κ1) is 21.3. The van der Waals surface area contributed by atoms with Gasteiger partial charge in [0, 0.05) is 36.4 Å². The molecule has 0 atom stereocenters. The Kier molecular flexibility index (Phi) is 6.92. The van der Waals surface area contributed by atoms with E-state index >= 15 is 0 Å². The van der Waals surface area contributed by atoms with Gasteiger partial charge < -0.3 is 13.9 Å². The van der Waals surface area contributed by atoms with Gasteiger partial charge in [-0.1, -0.05) is 0 Å². The van der Waals surface area contributed by atoms with Gasteiger partial charge in [-0.05, 0) is 49.2 Å². The Morgan fingerprint density at radius 2 is 1.24 bits per heavy atom. The summed E-state index contributed by atoms with van der Waals surface area (Å²) in [6.07, 6.45) is 1.31. The first-order chi connectivity index (χ1) is 13.8. The fraction of sp³-hybridized carbons (Fsp3) is 0.364. The number of esters is 2. The summed E-state index contributed by atoms with van der Waals surface area (Å²) in [6.45, 7) is 7.67. The molecule has 0 bridgehead atoms. The second-order valence-corrected chi connectivity index (χ2v) is 9.28. The summed E-state index contributed by atoms with van der Waals surface area (Å²) in [7, 11) is 0. The average Bonchev–Trinajstić information content (AvgIpc) is 3.33. The number of rotatable bonds is 8. The van der Waals surface area contributed by atoms with Gasteiger partial charge in [-0.3, -0.25) is 9.59 Å². The lowest BCUT2D eigenvalue weighted by Gasteiger charge is -2.04. The van der Waals surface area contributed by atoms with Crippen molar-refractivity contribution in [3.63, 3.8) is 0 Å². The number of furan rings is 1. The van der Waals surface area contributed by atoms with Crippen LogP contribution in [0.4, 0.5) is 0 Å². The summed E-state index contributed by atoms with van der Waals surface area (Å²) in [4.78, 5) is 26.6. The predicted octanol–water partition coefficient (Wildman–Crippen LogP) is 5.56. The Bertz CT molecular complexity index is 930. The molecular weight excluding hydrogens is 408 g/mol. The Hall–Kier alpha value is -2.38. The molecule has 0 aliphatic carbocycles. The van der Waals surface area contributed by atoms with Crippen molar-refractivity contribution in [2.24, 2.45) is 0 Å². The van der Waals surface area contributed by atoms with Gasteiger partial charge in [-0.2, -0.15) is 0 Å². The summed E-state index contributed by atoms with van der Waals surface area (Å²) in [5, 5.41) is 0. The normalized spacial score (nSPS) is 10.9. The number of aryl methyl sites for hydroxylation is 2. The van der Waals surface area contributed by atoms with Crippen molar-refractivity contribution in [3.05, 3.63) is 45.1 Å². The Morgan fingerprint density at radius 1 is 0.828 bits per heavy atom.